The van der Waals surface area contributed by atoms with Crippen LogP contribution >= 0.6 is 0 Å². The summed E-state index contributed by atoms with van der Waals surface area (Å²) in [6, 6.07) is 3.17. The molecule has 25 heavy (non-hydrogen) atoms. The molecule has 1 aromatic rings. The van der Waals surface area contributed by atoms with Crippen molar-refractivity contribution >= 4 is 23.3 Å². The maximum Gasteiger partial charge on any atom is 0.375 e. The number of nitro groups is 1. The molecule has 1 aromatic heterocycles. The van der Waals surface area contributed by atoms with Crippen LogP contribution in [0.25, 0.3) is 5.76 Å². The summed E-state index contributed by atoms with van der Waals surface area (Å²) in [6.07, 6.45) is 1.33. The highest BCUT2D eigenvalue weighted by atomic mass is 16.6. The molecule has 0 radical (unpaired) electrons. The van der Waals surface area contributed by atoms with E-state index in [1.54, 1.807) is 12.1 Å². The van der Waals surface area contributed by atoms with Crippen molar-refractivity contribution in [3.05, 3.63) is 45.8 Å². The number of ether oxygens (including phenoxy) is 2. The van der Waals surface area contributed by atoms with Crippen molar-refractivity contribution in [3.63, 3.8) is 0 Å². The first-order valence-corrected chi connectivity index (χ1v) is 7.44. The Morgan fingerprint density at radius 3 is 2.72 bits per heavy atom. The monoisotopic (exact) mass is 348 g/mol. The van der Waals surface area contributed by atoms with Gasteiger partial charge in [0.05, 0.1) is 26.6 Å². The third-order valence-electron chi connectivity index (χ3n) is 3.81. The maximum absolute atomic E-state index is 12.6. The van der Waals surface area contributed by atoms with E-state index in [9.17, 15) is 24.5 Å². The summed E-state index contributed by atoms with van der Waals surface area (Å²) < 4.78 is 9.65. The van der Waals surface area contributed by atoms with Crippen molar-refractivity contribution in [2.45, 2.75) is 25.3 Å². The fraction of sp³-hybridized carbons (Fsp3) is 0.375. The topological polar surface area (TPSA) is 126 Å². The molecule has 0 amide bonds. The molecule has 1 atom stereocenters. The molecule has 2 rings (SSSR count). The Labute approximate surface area is 142 Å². The number of ketones is 2. The number of hydrogen-bond acceptors (Lipinski definition) is 8. The van der Waals surface area contributed by atoms with Crippen LogP contribution in [-0.4, -0.2) is 46.7 Å². The quantitative estimate of drug-likeness (QED) is 0.232. The van der Waals surface area contributed by atoms with Gasteiger partial charge in [-0.3, -0.25) is 24.7 Å². The van der Waals surface area contributed by atoms with Crippen molar-refractivity contribution in [3.8, 4) is 0 Å². The van der Waals surface area contributed by atoms with Crippen LogP contribution in [0.15, 0.2) is 24.4 Å². The van der Waals surface area contributed by atoms with Gasteiger partial charge in [0.15, 0.2) is 0 Å². The van der Waals surface area contributed by atoms with Gasteiger partial charge in [-0.1, -0.05) is 6.07 Å². The van der Waals surface area contributed by atoms with Gasteiger partial charge in [0, 0.05) is 17.2 Å². The van der Waals surface area contributed by atoms with Crippen molar-refractivity contribution in [1.82, 2.24) is 4.98 Å². The van der Waals surface area contributed by atoms with Gasteiger partial charge < -0.3 is 9.47 Å². The molecule has 132 valence electrons. The Morgan fingerprint density at radius 1 is 1.40 bits per heavy atom. The fourth-order valence-electron chi connectivity index (χ4n) is 2.57. The summed E-state index contributed by atoms with van der Waals surface area (Å²) in [7, 11) is 1.30. The van der Waals surface area contributed by atoms with Crippen LogP contribution in [0.2, 0.25) is 0 Å². The summed E-state index contributed by atoms with van der Waals surface area (Å²) in [6.45, 7) is 1.47. The second kappa shape index (κ2) is 7.20. The summed E-state index contributed by atoms with van der Waals surface area (Å²) in [4.78, 5) is 50.8. The maximum atomic E-state index is 12.6. The molecule has 1 aliphatic carbocycles. The Morgan fingerprint density at radius 2 is 2.12 bits per heavy atom. The molecule has 1 aliphatic rings. The van der Waals surface area contributed by atoms with E-state index in [-0.39, 0.29) is 18.8 Å². The van der Waals surface area contributed by atoms with E-state index in [0.29, 0.717) is 11.3 Å². The fourth-order valence-corrected chi connectivity index (χ4v) is 2.57. The lowest BCUT2D eigenvalue weighted by atomic mass is 9.80. The van der Waals surface area contributed by atoms with Gasteiger partial charge in [0.2, 0.25) is 11.6 Å². The van der Waals surface area contributed by atoms with E-state index in [1.807, 2.05) is 0 Å². The minimum atomic E-state index is -2.20. The normalized spacial score (nSPS) is 18.6. The zero-order valence-electron chi connectivity index (χ0n) is 13.7. The Hall–Kier alpha value is -3.10. The number of rotatable bonds is 7. The molecular formula is C16H16N2O7. The highest BCUT2D eigenvalue weighted by Gasteiger charge is 2.53. The number of aromatic nitrogens is 1. The van der Waals surface area contributed by atoms with Crippen molar-refractivity contribution in [1.29, 1.82) is 0 Å². The average molecular weight is 348 g/mol. The molecular weight excluding hydrogens is 332 g/mol. The van der Waals surface area contributed by atoms with Gasteiger partial charge in [-0.15, -0.1) is 0 Å². The lowest BCUT2D eigenvalue weighted by Gasteiger charge is -2.26. The van der Waals surface area contributed by atoms with Crippen molar-refractivity contribution in [2.75, 3.05) is 13.7 Å². The Kier molecular flexibility index (Phi) is 5.26. The van der Waals surface area contributed by atoms with E-state index in [2.05, 4.69) is 9.72 Å². The van der Waals surface area contributed by atoms with Gasteiger partial charge in [0.25, 0.3) is 0 Å². The van der Waals surface area contributed by atoms with Crippen LogP contribution in [0.1, 0.15) is 24.6 Å². The second-order valence-corrected chi connectivity index (χ2v) is 5.33. The standard InChI is InChI=1S/C16H16N2O7/c1-3-25-15(21)11(19)7-13(20)16(18(22)23)8-10-5-4-6-17-14(10)12(9-16)24-2/h4-6,9H,3,7-8H2,1-2H3. The molecule has 0 saturated carbocycles. The molecule has 0 bridgehead atoms. The van der Waals surface area contributed by atoms with Crippen LogP contribution in [0.5, 0.6) is 0 Å². The number of Topliss-reactive ketones (excluding diaryl/α,β-unsaturated/α-hetero) is 2. The highest BCUT2D eigenvalue weighted by molar-refractivity contribution is 6.37. The lowest BCUT2D eigenvalue weighted by molar-refractivity contribution is -0.537. The summed E-state index contributed by atoms with van der Waals surface area (Å²) in [5, 5.41) is 11.7. The van der Waals surface area contributed by atoms with E-state index in [1.165, 1.54) is 20.2 Å². The van der Waals surface area contributed by atoms with Crippen LogP contribution in [-0.2, 0) is 30.3 Å². The molecule has 0 saturated heterocycles. The number of methoxy groups -OCH3 is 1. The predicted molar refractivity (Wildman–Crippen MR) is 83.9 cm³/mol. The van der Waals surface area contributed by atoms with Crippen molar-refractivity contribution < 1.29 is 28.8 Å². The largest absolute Gasteiger partial charge is 0.495 e. The van der Waals surface area contributed by atoms with Gasteiger partial charge in [-0.25, -0.2) is 4.79 Å². The SMILES string of the molecule is CCOC(=O)C(=O)CC(=O)C1([N+](=O)[O-])C=C(OC)c2ncccc2C1. The first-order valence-electron chi connectivity index (χ1n) is 7.44. The number of carbonyl (C=O) groups is 3. The number of pyridine rings is 1. The molecule has 9 heteroatoms. The van der Waals surface area contributed by atoms with E-state index in [0.717, 1.165) is 6.08 Å². The average Bonchev–Trinajstić information content (AvgIpc) is 2.60. The lowest BCUT2D eigenvalue weighted by Crippen LogP contribution is -2.49. The highest BCUT2D eigenvalue weighted by Crippen LogP contribution is 2.34. The van der Waals surface area contributed by atoms with E-state index in [4.69, 9.17) is 4.74 Å². The third-order valence-corrected chi connectivity index (χ3v) is 3.81. The Balaban J connectivity index is 2.40. The number of carbonyl (C=O) groups excluding carboxylic acids is 3. The number of fused-ring (bicyclic) bond motifs is 1. The summed E-state index contributed by atoms with van der Waals surface area (Å²) in [5.74, 6) is -3.27. The van der Waals surface area contributed by atoms with Crippen LogP contribution in [0.3, 0.4) is 0 Å². The van der Waals surface area contributed by atoms with Gasteiger partial charge >= 0.3 is 11.5 Å². The summed E-state index contributed by atoms with van der Waals surface area (Å²) >= 11 is 0. The molecule has 0 spiro atoms. The molecule has 1 unspecified atom stereocenters. The predicted octanol–water partition coefficient (Wildman–Crippen LogP) is 0.732. The molecule has 1 heterocycles. The minimum absolute atomic E-state index is 0.0358. The number of nitrogens with zero attached hydrogens (tertiary/aromatic N) is 2. The smallest absolute Gasteiger partial charge is 0.375 e. The number of hydrogen-bond donors (Lipinski definition) is 0. The molecule has 0 aliphatic heterocycles. The Bertz CT molecular complexity index is 772. The first-order chi connectivity index (χ1) is 11.9. The minimum Gasteiger partial charge on any atom is -0.495 e. The van der Waals surface area contributed by atoms with Crippen molar-refractivity contribution in [2.24, 2.45) is 0 Å². The zero-order valence-corrected chi connectivity index (χ0v) is 13.7. The van der Waals surface area contributed by atoms with Crippen LogP contribution < -0.4 is 0 Å². The zero-order chi connectivity index (χ0) is 18.6. The molecule has 0 aromatic carbocycles. The van der Waals surface area contributed by atoms with Gasteiger partial charge in [0.1, 0.15) is 11.5 Å². The first kappa shape index (κ1) is 18.2. The van der Waals surface area contributed by atoms with E-state index < -0.39 is 34.4 Å². The van der Waals surface area contributed by atoms with Gasteiger partial charge in [-0.05, 0) is 18.6 Å². The van der Waals surface area contributed by atoms with Gasteiger partial charge in [-0.2, -0.15) is 0 Å². The van der Waals surface area contributed by atoms with Crippen LogP contribution in [0, 0.1) is 10.1 Å². The molecule has 0 N–H and O–H groups in total. The number of esters is 1. The van der Waals surface area contributed by atoms with Crippen LogP contribution in [0.4, 0.5) is 0 Å². The second-order valence-electron chi connectivity index (χ2n) is 5.33. The molecule has 9 nitrogen and oxygen atoms in total. The third kappa shape index (κ3) is 3.39. The van der Waals surface area contributed by atoms with E-state index >= 15 is 0 Å². The molecule has 0 fully saturated rings. The summed E-state index contributed by atoms with van der Waals surface area (Å²) in [5.41, 5.74) is -1.37.